The summed E-state index contributed by atoms with van der Waals surface area (Å²) in [5.74, 6) is 0.560. The highest BCUT2D eigenvalue weighted by Gasteiger charge is 2.16. The summed E-state index contributed by atoms with van der Waals surface area (Å²) in [5.41, 5.74) is 1.55. The summed E-state index contributed by atoms with van der Waals surface area (Å²) >= 11 is 0. The van der Waals surface area contributed by atoms with Gasteiger partial charge in [-0.3, -0.25) is 4.72 Å². The van der Waals surface area contributed by atoms with Gasteiger partial charge in [0, 0.05) is 18.3 Å². The molecule has 0 bridgehead atoms. The van der Waals surface area contributed by atoms with Crippen LogP contribution in [0.5, 0.6) is 0 Å². The molecule has 0 fully saturated rings. The third-order valence-electron chi connectivity index (χ3n) is 2.86. The van der Waals surface area contributed by atoms with Gasteiger partial charge in [-0.05, 0) is 24.6 Å². The van der Waals surface area contributed by atoms with Gasteiger partial charge in [-0.25, -0.2) is 4.98 Å². The molecule has 0 saturated heterocycles. The lowest BCUT2D eigenvalue weighted by molar-refractivity contribution is 0.588. The van der Waals surface area contributed by atoms with Crippen LogP contribution in [0.1, 0.15) is 25.2 Å². The number of H-pyrrole nitrogens is 1. The Morgan fingerprint density at radius 2 is 2.10 bits per heavy atom. The Kier molecular flexibility index (Phi) is 4.64. The van der Waals surface area contributed by atoms with Crippen molar-refractivity contribution >= 4 is 15.7 Å². The first kappa shape index (κ1) is 15.5. The minimum Gasteiger partial charge on any atom is -0.332 e. The fourth-order valence-electron chi connectivity index (χ4n) is 1.81. The lowest BCUT2D eigenvalue weighted by Crippen LogP contribution is -2.22. The van der Waals surface area contributed by atoms with Crippen molar-refractivity contribution in [1.29, 1.82) is 0 Å². The van der Waals surface area contributed by atoms with Crippen LogP contribution in [-0.4, -0.2) is 24.4 Å². The van der Waals surface area contributed by atoms with Gasteiger partial charge in [0.2, 0.25) is 0 Å². The lowest BCUT2D eigenvalue weighted by atomic mass is 10.2. The van der Waals surface area contributed by atoms with Crippen molar-refractivity contribution in [2.45, 2.75) is 38.4 Å². The molecule has 0 spiro atoms. The molecule has 0 aliphatic rings. The number of hydrogen-bond acceptors (Lipinski definition) is 4. The van der Waals surface area contributed by atoms with Crippen LogP contribution in [-0.2, 0) is 16.6 Å². The first-order chi connectivity index (χ1) is 9.87. The lowest BCUT2D eigenvalue weighted by Gasteiger charge is -2.10. The van der Waals surface area contributed by atoms with E-state index in [2.05, 4.69) is 33.9 Å². The first-order valence-electron chi connectivity index (χ1n) is 6.73. The number of imidazole rings is 1. The molecule has 1 aromatic carbocycles. The SMILES string of the molecule is Cc1ncc(S(=O)(=O)Nc2cccc(CNC(C)C)c2)[nH]1. The molecule has 1 aromatic heterocycles. The molecule has 0 atom stereocenters. The van der Waals surface area contributed by atoms with E-state index >= 15 is 0 Å². The predicted molar refractivity (Wildman–Crippen MR) is 82.6 cm³/mol. The summed E-state index contributed by atoms with van der Waals surface area (Å²) in [4.78, 5) is 6.62. The second-order valence-electron chi connectivity index (χ2n) is 5.17. The molecule has 2 aromatic rings. The third kappa shape index (κ3) is 4.30. The van der Waals surface area contributed by atoms with Gasteiger partial charge in [-0.2, -0.15) is 8.42 Å². The molecule has 114 valence electrons. The highest BCUT2D eigenvalue weighted by atomic mass is 32.2. The van der Waals surface area contributed by atoms with Gasteiger partial charge in [-0.1, -0.05) is 26.0 Å². The van der Waals surface area contributed by atoms with Crippen molar-refractivity contribution in [2.24, 2.45) is 0 Å². The van der Waals surface area contributed by atoms with Crippen LogP contribution in [0, 0.1) is 6.92 Å². The van der Waals surface area contributed by atoms with Crippen molar-refractivity contribution < 1.29 is 8.42 Å². The maximum absolute atomic E-state index is 12.2. The standard InChI is InChI=1S/C14H20N4O2S/c1-10(2)15-8-12-5-4-6-13(7-12)18-21(19,20)14-9-16-11(3)17-14/h4-7,9-10,15,18H,8H2,1-3H3,(H,16,17). The molecule has 6 nitrogen and oxygen atoms in total. The van der Waals surface area contributed by atoms with Crippen molar-refractivity contribution in [3.63, 3.8) is 0 Å². The maximum atomic E-state index is 12.2. The van der Waals surface area contributed by atoms with Crippen molar-refractivity contribution in [3.8, 4) is 0 Å². The van der Waals surface area contributed by atoms with Gasteiger partial charge in [0.25, 0.3) is 10.0 Å². The molecule has 0 aliphatic heterocycles. The van der Waals surface area contributed by atoms with Crippen LogP contribution >= 0.6 is 0 Å². The number of aryl methyl sites for hydroxylation is 1. The number of sulfonamides is 1. The molecule has 0 unspecified atom stereocenters. The van der Waals surface area contributed by atoms with Crippen LogP contribution < -0.4 is 10.0 Å². The van der Waals surface area contributed by atoms with Crippen molar-refractivity contribution in [2.75, 3.05) is 4.72 Å². The van der Waals surface area contributed by atoms with E-state index in [-0.39, 0.29) is 5.03 Å². The molecule has 3 N–H and O–H groups in total. The summed E-state index contributed by atoms with van der Waals surface area (Å²) in [5, 5.41) is 3.35. The van der Waals surface area contributed by atoms with Crippen LogP contribution in [0.15, 0.2) is 35.5 Å². The number of nitrogens with one attached hydrogen (secondary N) is 3. The summed E-state index contributed by atoms with van der Waals surface area (Å²) < 4.78 is 26.9. The van der Waals surface area contributed by atoms with Crippen LogP contribution in [0.25, 0.3) is 0 Å². The molecule has 1 heterocycles. The number of aromatic amines is 1. The Bertz CT molecular complexity index is 707. The Hall–Kier alpha value is -1.86. The molecule has 2 rings (SSSR count). The zero-order valence-corrected chi connectivity index (χ0v) is 13.2. The minimum atomic E-state index is -3.63. The minimum absolute atomic E-state index is 0.0608. The average molecular weight is 308 g/mol. The smallest absolute Gasteiger partial charge is 0.278 e. The van der Waals surface area contributed by atoms with E-state index in [0.29, 0.717) is 24.1 Å². The van der Waals surface area contributed by atoms with Crippen molar-refractivity contribution in [3.05, 3.63) is 41.9 Å². The van der Waals surface area contributed by atoms with E-state index in [1.807, 2.05) is 18.2 Å². The summed E-state index contributed by atoms with van der Waals surface area (Å²) in [6, 6.07) is 7.69. The summed E-state index contributed by atoms with van der Waals surface area (Å²) in [6.45, 7) is 6.52. The molecule has 0 saturated carbocycles. The van der Waals surface area contributed by atoms with E-state index in [1.165, 1.54) is 6.20 Å². The van der Waals surface area contributed by atoms with Gasteiger partial charge in [-0.15, -0.1) is 0 Å². The Labute approximate surface area is 125 Å². The van der Waals surface area contributed by atoms with E-state index < -0.39 is 10.0 Å². The van der Waals surface area contributed by atoms with E-state index in [0.717, 1.165) is 5.56 Å². The van der Waals surface area contributed by atoms with Crippen LogP contribution in [0.4, 0.5) is 5.69 Å². The van der Waals surface area contributed by atoms with Gasteiger partial charge >= 0.3 is 0 Å². The zero-order valence-electron chi connectivity index (χ0n) is 12.3. The van der Waals surface area contributed by atoms with Gasteiger partial charge in [0.05, 0.1) is 6.20 Å². The van der Waals surface area contributed by atoms with Gasteiger partial charge in [0.1, 0.15) is 5.82 Å². The number of anilines is 1. The number of benzene rings is 1. The zero-order chi connectivity index (χ0) is 15.5. The topological polar surface area (TPSA) is 86.9 Å². The second kappa shape index (κ2) is 6.28. The van der Waals surface area contributed by atoms with E-state index in [1.54, 1.807) is 13.0 Å². The number of rotatable bonds is 6. The quantitative estimate of drug-likeness (QED) is 0.762. The summed E-state index contributed by atoms with van der Waals surface area (Å²) in [7, 11) is -3.63. The monoisotopic (exact) mass is 308 g/mol. The van der Waals surface area contributed by atoms with Crippen molar-refractivity contribution in [1.82, 2.24) is 15.3 Å². The Morgan fingerprint density at radius 1 is 1.33 bits per heavy atom. The van der Waals surface area contributed by atoms with E-state index in [4.69, 9.17) is 0 Å². The molecular formula is C14H20N4O2S. The second-order valence-corrected chi connectivity index (χ2v) is 6.83. The fraction of sp³-hybridized carbons (Fsp3) is 0.357. The van der Waals surface area contributed by atoms with Crippen LogP contribution in [0.2, 0.25) is 0 Å². The highest BCUT2D eigenvalue weighted by Crippen LogP contribution is 2.16. The Morgan fingerprint density at radius 3 is 2.71 bits per heavy atom. The highest BCUT2D eigenvalue weighted by molar-refractivity contribution is 7.92. The third-order valence-corrected chi connectivity index (χ3v) is 4.15. The largest absolute Gasteiger partial charge is 0.332 e. The van der Waals surface area contributed by atoms with Gasteiger partial charge in [0.15, 0.2) is 5.03 Å². The maximum Gasteiger partial charge on any atom is 0.278 e. The first-order valence-corrected chi connectivity index (χ1v) is 8.22. The normalized spacial score (nSPS) is 11.8. The fourth-order valence-corrected chi connectivity index (χ4v) is 2.83. The van der Waals surface area contributed by atoms with Crippen LogP contribution in [0.3, 0.4) is 0 Å². The van der Waals surface area contributed by atoms with E-state index in [9.17, 15) is 8.42 Å². The predicted octanol–water partition coefficient (Wildman–Crippen LogP) is 2.02. The molecular weight excluding hydrogens is 288 g/mol. The molecule has 7 heteroatoms. The Balaban J connectivity index is 2.14. The molecule has 0 amide bonds. The molecule has 0 radical (unpaired) electrons. The van der Waals surface area contributed by atoms with Gasteiger partial charge < -0.3 is 10.3 Å². The number of nitrogens with zero attached hydrogens (tertiary/aromatic N) is 1. The molecule has 21 heavy (non-hydrogen) atoms. The number of hydrogen-bond donors (Lipinski definition) is 3. The summed E-state index contributed by atoms with van der Waals surface area (Å²) in [6.07, 6.45) is 1.31. The average Bonchev–Trinajstić information content (AvgIpc) is 2.84. The molecule has 0 aliphatic carbocycles. The number of aromatic nitrogens is 2.